The standard InChI is InChI=1S/C8H13N5O2S/c1-2-13(4-3-7(9)11-15)8(14)6-5-10-12-16-6/h5,15H,2-4H2,1H3,(H2,9,11). The van der Waals surface area contributed by atoms with Crippen LogP contribution in [0.25, 0.3) is 0 Å². The average molecular weight is 243 g/mol. The summed E-state index contributed by atoms with van der Waals surface area (Å²) in [6, 6.07) is 0. The Morgan fingerprint density at radius 1 is 1.75 bits per heavy atom. The van der Waals surface area contributed by atoms with Crippen molar-refractivity contribution in [1.82, 2.24) is 14.5 Å². The fourth-order valence-corrected chi connectivity index (χ4v) is 1.60. The highest BCUT2D eigenvalue weighted by Gasteiger charge is 2.16. The van der Waals surface area contributed by atoms with Crippen LogP contribution in [0, 0.1) is 0 Å². The third kappa shape index (κ3) is 3.16. The molecule has 1 aromatic rings. The molecule has 0 bridgehead atoms. The Kier molecular flexibility index (Phi) is 4.65. The van der Waals surface area contributed by atoms with Crippen molar-refractivity contribution in [2.24, 2.45) is 10.9 Å². The molecule has 0 unspecified atom stereocenters. The number of hydrogen-bond donors (Lipinski definition) is 2. The quantitative estimate of drug-likeness (QED) is 0.331. The molecule has 0 aliphatic carbocycles. The Morgan fingerprint density at radius 3 is 3.00 bits per heavy atom. The Morgan fingerprint density at radius 2 is 2.50 bits per heavy atom. The van der Waals surface area contributed by atoms with Gasteiger partial charge in [-0.3, -0.25) is 4.79 Å². The summed E-state index contributed by atoms with van der Waals surface area (Å²) in [5.74, 6) is -0.0306. The van der Waals surface area contributed by atoms with Crippen molar-refractivity contribution < 1.29 is 10.0 Å². The number of oxime groups is 1. The zero-order valence-corrected chi connectivity index (χ0v) is 9.65. The van der Waals surface area contributed by atoms with Gasteiger partial charge in [-0.05, 0) is 18.5 Å². The second-order valence-corrected chi connectivity index (χ2v) is 3.79. The van der Waals surface area contributed by atoms with Crippen LogP contribution in [0.3, 0.4) is 0 Å². The molecular weight excluding hydrogens is 230 g/mol. The first-order valence-corrected chi connectivity index (χ1v) is 5.49. The van der Waals surface area contributed by atoms with Gasteiger partial charge in [0.25, 0.3) is 5.91 Å². The van der Waals surface area contributed by atoms with Gasteiger partial charge in [0.05, 0.1) is 6.20 Å². The monoisotopic (exact) mass is 243 g/mol. The number of carbonyl (C=O) groups excluding carboxylic acids is 1. The van der Waals surface area contributed by atoms with E-state index in [1.807, 2.05) is 6.92 Å². The molecule has 7 nitrogen and oxygen atoms in total. The molecule has 16 heavy (non-hydrogen) atoms. The molecule has 0 fully saturated rings. The molecule has 0 saturated carbocycles. The third-order valence-electron chi connectivity index (χ3n) is 2.01. The lowest BCUT2D eigenvalue weighted by molar-refractivity contribution is 0.0773. The molecule has 1 rings (SSSR count). The van der Waals surface area contributed by atoms with Crippen LogP contribution in [0.2, 0.25) is 0 Å². The Bertz CT molecular complexity index is 365. The van der Waals surface area contributed by atoms with Crippen LogP contribution in [-0.2, 0) is 0 Å². The fourth-order valence-electron chi connectivity index (χ4n) is 1.12. The lowest BCUT2D eigenvalue weighted by atomic mass is 10.3. The summed E-state index contributed by atoms with van der Waals surface area (Å²) < 4.78 is 3.63. The van der Waals surface area contributed by atoms with Gasteiger partial charge < -0.3 is 15.8 Å². The second-order valence-electron chi connectivity index (χ2n) is 3.01. The molecule has 1 heterocycles. The van der Waals surface area contributed by atoms with Crippen LogP contribution >= 0.6 is 11.5 Å². The average Bonchev–Trinajstić information content (AvgIpc) is 2.82. The predicted molar refractivity (Wildman–Crippen MR) is 59.5 cm³/mol. The number of nitrogens with zero attached hydrogens (tertiary/aromatic N) is 4. The molecule has 88 valence electrons. The van der Waals surface area contributed by atoms with Crippen LogP contribution in [0.5, 0.6) is 0 Å². The smallest absolute Gasteiger partial charge is 0.267 e. The molecule has 0 saturated heterocycles. The van der Waals surface area contributed by atoms with E-state index in [-0.39, 0.29) is 11.7 Å². The van der Waals surface area contributed by atoms with E-state index in [0.29, 0.717) is 24.4 Å². The largest absolute Gasteiger partial charge is 0.409 e. The van der Waals surface area contributed by atoms with E-state index in [1.165, 1.54) is 6.20 Å². The van der Waals surface area contributed by atoms with Gasteiger partial charge in [0.15, 0.2) is 0 Å². The Balaban J connectivity index is 2.58. The first-order valence-electron chi connectivity index (χ1n) is 4.72. The molecule has 0 radical (unpaired) electrons. The third-order valence-corrected chi connectivity index (χ3v) is 2.66. The molecule has 0 spiro atoms. The molecule has 0 atom stereocenters. The molecule has 0 aromatic carbocycles. The van der Waals surface area contributed by atoms with Crippen molar-refractivity contribution in [3.05, 3.63) is 11.1 Å². The van der Waals surface area contributed by atoms with Gasteiger partial charge in [-0.2, -0.15) is 0 Å². The number of rotatable bonds is 5. The van der Waals surface area contributed by atoms with Crippen molar-refractivity contribution in [2.75, 3.05) is 13.1 Å². The summed E-state index contributed by atoms with van der Waals surface area (Å²) in [6.45, 7) is 2.82. The maximum Gasteiger partial charge on any atom is 0.267 e. The topological polar surface area (TPSA) is 105 Å². The lowest BCUT2D eigenvalue weighted by Gasteiger charge is -2.19. The molecule has 3 N–H and O–H groups in total. The predicted octanol–water partition coefficient (Wildman–Crippen LogP) is 0.137. The first kappa shape index (κ1) is 12.4. The lowest BCUT2D eigenvalue weighted by Crippen LogP contribution is -2.33. The molecule has 1 aromatic heterocycles. The summed E-state index contributed by atoms with van der Waals surface area (Å²) in [7, 11) is 0. The van der Waals surface area contributed by atoms with Crippen LogP contribution in [-0.4, -0.2) is 44.5 Å². The summed E-state index contributed by atoms with van der Waals surface area (Å²) >= 11 is 1.05. The van der Waals surface area contributed by atoms with Crippen molar-refractivity contribution in [1.29, 1.82) is 0 Å². The van der Waals surface area contributed by atoms with E-state index in [2.05, 4.69) is 14.7 Å². The Labute approximate surface area is 96.7 Å². The fraction of sp³-hybridized carbons (Fsp3) is 0.500. The minimum Gasteiger partial charge on any atom is -0.409 e. The minimum absolute atomic E-state index is 0.105. The molecule has 1 amide bonds. The van der Waals surface area contributed by atoms with Crippen LogP contribution < -0.4 is 5.73 Å². The number of hydrogen-bond acceptors (Lipinski definition) is 6. The van der Waals surface area contributed by atoms with Crippen molar-refractivity contribution >= 4 is 23.3 Å². The van der Waals surface area contributed by atoms with Gasteiger partial charge >= 0.3 is 0 Å². The molecule has 8 heteroatoms. The van der Waals surface area contributed by atoms with Gasteiger partial charge in [0.1, 0.15) is 10.7 Å². The highest BCUT2D eigenvalue weighted by atomic mass is 32.1. The molecular formula is C8H13N5O2S. The molecule has 0 aliphatic heterocycles. The minimum atomic E-state index is -0.136. The number of amides is 1. The second kappa shape index (κ2) is 6.01. The highest BCUT2D eigenvalue weighted by molar-refractivity contribution is 7.07. The van der Waals surface area contributed by atoms with Gasteiger partial charge in [0.2, 0.25) is 0 Å². The number of carbonyl (C=O) groups is 1. The normalized spacial score (nSPS) is 11.4. The van der Waals surface area contributed by atoms with Crippen LogP contribution in [0.4, 0.5) is 0 Å². The summed E-state index contributed by atoms with van der Waals surface area (Å²) in [5, 5.41) is 14.8. The summed E-state index contributed by atoms with van der Waals surface area (Å²) in [4.78, 5) is 13.9. The molecule has 0 aliphatic rings. The van der Waals surface area contributed by atoms with Gasteiger partial charge in [0, 0.05) is 19.5 Å². The van der Waals surface area contributed by atoms with E-state index in [4.69, 9.17) is 10.9 Å². The maximum absolute atomic E-state index is 11.9. The Hall–Kier alpha value is -1.70. The van der Waals surface area contributed by atoms with Crippen LogP contribution in [0.1, 0.15) is 23.0 Å². The zero-order valence-electron chi connectivity index (χ0n) is 8.83. The number of nitrogens with two attached hydrogens (primary N) is 1. The number of amidine groups is 1. The van der Waals surface area contributed by atoms with Crippen molar-refractivity contribution in [2.45, 2.75) is 13.3 Å². The van der Waals surface area contributed by atoms with E-state index < -0.39 is 0 Å². The van der Waals surface area contributed by atoms with Crippen molar-refractivity contribution in [3.8, 4) is 0 Å². The van der Waals surface area contributed by atoms with Crippen LogP contribution in [0.15, 0.2) is 11.4 Å². The zero-order chi connectivity index (χ0) is 12.0. The number of aromatic nitrogens is 2. The SMILES string of the molecule is CCN(CCC(N)=NO)C(=O)c1cnns1. The van der Waals surface area contributed by atoms with E-state index in [0.717, 1.165) is 11.5 Å². The van der Waals surface area contributed by atoms with Crippen molar-refractivity contribution in [3.63, 3.8) is 0 Å². The van der Waals surface area contributed by atoms with E-state index in [9.17, 15) is 4.79 Å². The van der Waals surface area contributed by atoms with Gasteiger partial charge in [-0.15, -0.1) is 5.10 Å². The summed E-state index contributed by atoms with van der Waals surface area (Å²) in [6.07, 6.45) is 1.77. The maximum atomic E-state index is 11.9. The van der Waals surface area contributed by atoms with E-state index in [1.54, 1.807) is 4.90 Å². The first-order chi connectivity index (χ1) is 7.69. The highest BCUT2D eigenvalue weighted by Crippen LogP contribution is 2.07. The van der Waals surface area contributed by atoms with E-state index >= 15 is 0 Å². The van der Waals surface area contributed by atoms with Gasteiger partial charge in [-0.1, -0.05) is 9.64 Å². The van der Waals surface area contributed by atoms with Gasteiger partial charge in [-0.25, -0.2) is 0 Å². The summed E-state index contributed by atoms with van der Waals surface area (Å²) in [5.41, 5.74) is 5.33.